The maximum Gasteiger partial charge on any atom is 0.123 e. The highest BCUT2D eigenvalue weighted by atomic mass is 19.1. The van der Waals surface area contributed by atoms with Crippen LogP contribution >= 0.6 is 0 Å². The SMILES string of the molecule is OC(CNCCC1CCCC1)c1ccc(F)cc1. The number of halogens is 1. The van der Waals surface area contributed by atoms with E-state index in [1.54, 1.807) is 12.1 Å². The summed E-state index contributed by atoms with van der Waals surface area (Å²) in [5, 5.41) is 13.2. The van der Waals surface area contributed by atoms with Gasteiger partial charge in [0, 0.05) is 6.54 Å². The highest BCUT2D eigenvalue weighted by Gasteiger charge is 2.14. The third-order valence-corrected chi connectivity index (χ3v) is 3.80. The van der Waals surface area contributed by atoms with Crippen LogP contribution in [0, 0.1) is 11.7 Å². The summed E-state index contributed by atoms with van der Waals surface area (Å²) >= 11 is 0. The van der Waals surface area contributed by atoms with Crippen LogP contribution in [0.15, 0.2) is 24.3 Å². The van der Waals surface area contributed by atoms with Crippen molar-refractivity contribution in [2.45, 2.75) is 38.2 Å². The number of aliphatic hydroxyl groups is 1. The summed E-state index contributed by atoms with van der Waals surface area (Å²) in [5.74, 6) is 0.612. The van der Waals surface area contributed by atoms with E-state index in [1.807, 2.05) is 0 Å². The number of rotatable bonds is 6. The van der Waals surface area contributed by atoms with Gasteiger partial charge >= 0.3 is 0 Å². The third-order valence-electron chi connectivity index (χ3n) is 3.80. The fraction of sp³-hybridized carbons (Fsp3) is 0.600. The molecule has 0 amide bonds. The van der Waals surface area contributed by atoms with Crippen LogP contribution in [0.1, 0.15) is 43.8 Å². The third kappa shape index (κ3) is 4.07. The zero-order valence-electron chi connectivity index (χ0n) is 10.7. The van der Waals surface area contributed by atoms with E-state index >= 15 is 0 Å². The van der Waals surface area contributed by atoms with Gasteiger partial charge in [-0.1, -0.05) is 37.8 Å². The van der Waals surface area contributed by atoms with Gasteiger partial charge in [-0.05, 0) is 36.6 Å². The summed E-state index contributed by atoms with van der Waals surface area (Å²) in [6, 6.07) is 6.05. The first-order valence-electron chi connectivity index (χ1n) is 6.90. The Hall–Kier alpha value is -0.930. The molecule has 1 aromatic rings. The Morgan fingerprint density at radius 1 is 1.22 bits per heavy atom. The van der Waals surface area contributed by atoms with Gasteiger partial charge in [0.15, 0.2) is 0 Å². The van der Waals surface area contributed by atoms with Crippen LogP contribution in [0.4, 0.5) is 4.39 Å². The highest BCUT2D eigenvalue weighted by molar-refractivity contribution is 5.18. The molecule has 3 heteroatoms. The molecule has 1 unspecified atom stereocenters. The number of benzene rings is 1. The molecule has 0 heterocycles. The second-order valence-corrected chi connectivity index (χ2v) is 5.21. The van der Waals surface area contributed by atoms with Crippen molar-refractivity contribution in [3.05, 3.63) is 35.6 Å². The average molecular weight is 251 g/mol. The summed E-state index contributed by atoms with van der Waals surface area (Å²) in [6.07, 6.45) is 6.14. The van der Waals surface area contributed by atoms with Crippen molar-refractivity contribution in [1.82, 2.24) is 5.32 Å². The van der Waals surface area contributed by atoms with Gasteiger partial charge in [-0.15, -0.1) is 0 Å². The standard InChI is InChI=1S/C15H22FNO/c16-14-7-5-13(6-8-14)15(18)11-17-10-9-12-3-1-2-4-12/h5-8,12,15,17-18H,1-4,9-11H2. The lowest BCUT2D eigenvalue weighted by Crippen LogP contribution is -2.23. The van der Waals surface area contributed by atoms with Crippen LogP contribution in [-0.4, -0.2) is 18.2 Å². The molecule has 1 atom stereocenters. The zero-order chi connectivity index (χ0) is 12.8. The van der Waals surface area contributed by atoms with Crippen molar-refractivity contribution < 1.29 is 9.50 Å². The van der Waals surface area contributed by atoms with Gasteiger partial charge in [0.1, 0.15) is 5.82 Å². The first-order chi connectivity index (χ1) is 8.75. The van der Waals surface area contributed by atoms with Crippen molar-refractivity contribution in [1.29, 1.82) is 0 Å². The Kier molecular flexibility index (Phi) is 5.14. The molecule has 0 bridgehead atoms. The molecule has 100 valence electrons. The van der Waals surface area contributed by atoms with Gasteiger partial charge in [0.05, 0.1) is 6.10 Å². The van der Waals surface area contributed by atoms with E-state index in [9.17, 15) is 9.50 Å². The molecular formula is C15H22FNO. The van der Waals surface area contributed by atoms with E-state index in [0.29, 0.717) is 6.54 Å². The number of hydrogen-bond acceptors (Lipinski definition) is 2. The van der Waals surface area contributed by atoms with Crippen molar-refractivity contribution >= 4 is 0 Å². The molecule has 18 heavy (non-hydrogen) atoms. The number of aliphatic hydroxyl groups excluding tert-OH is 1. The minimum atomic E-state index is -0.547. The molecule has 1 saturated carbocycles. The van der Waals surface area contributed by atoms with E-state index < -0.39 is 6.10 Å². The zero-order valence-corrected chi connectivity index (χ0v) is 10.7. The number of nitrogens with one attached hydrogen (secondary N) is 1. The van der Waals surface area contributed by atoms with E-state index in [2.05, 4.69) is 5.32 Å². The molecule has 1 aliphatic rings. The lowest BCUT2D eigenvalue weighted by Gasteiger charge is -2.14. The topological polar surface area (TPSA) is 32.3 Å². The van der Waals surface area contributed by atoms with Crippen molar-refractivity contribution in [2.75, 3.05) is 13.1 Å². The molecule has 0 radical (unpaired) electrons. The van der Waals surface area contributed by atoms with Crippen LogP contribution in [-0.2, 0) is 0 Å². The molecule has 0 aliphatic heterocycles. The number of hydrogen-bond donors (Lipinski definition) is 2. The maximum atomic E-state index is 12.7. The molecule has 2 rings (SSSR count). The lowest BCUT2D eigenvalue weighted by molar-refractivity contribution is 0.174. The summed E-state index contributed by atoms with van der Waals surface area (Å²) in [4.78, 5) is 0. The Bertz CT molecular complexity index is 346. The molecule has 1 fully saturated rings. The fourth-order valence-corrected chi connectivity index (χ4v) is 2.65. The Morgan fingerprint density at radius 3 is 2.56 bits per heavy atom. The monoisotopic (exact) mass is 251 g/mol. The molecule has 2 N–H and O–H groups in total. The molecule has 2 nitrogen and oxygen atoms in total. The lowest BCUT2D eigenvalue weighted by atomic mass is 10.0. The second kappa shape index (κ2) is 6.86. The van der Waals surface area contributed by atoms with Crippen molar-refractivity contribution in [3.8, 4) is 0 Å². The van der Waals surface area contributed by atoms with Crippen LogP contribution in [0.2, 0.25) is 0 Å². The molecule has 0 aromatic heterocycles. The van der Waals surface area contributed by atoms with Crippen LogP contribution in [0.25, 0.3) is 0 Å². The predicted octanol–water partition coefficient (Wildman–Crippen LogP) is 3.03. The van der Waals surface area contributed by atoms with E-state index in [1.165, 1.54) is 44.2 Å². The second-order valence-electron chi connectivity index (χ2n) is 5.21. The van der Waals surface area contributed by atoms with Gasteiger partial charge in [0.2, 0.25) is 0 Å². The van der Waals surface area contributed by atoms with Gasteiger partial charge in [-0.25, -0.2) is 4.39 Å². The predicted molar refractivity (Wildman–Crippen MR) is 70.8 cm³/mol. The minimum Gasteiger partial charge on any atom is -0.387 e. The molecule has 0 spiro atoms. The van der Waals surface area contributed by atoms with Gasteiger partial charge < -0.3 is 10.4 Å². The molecular weight excluding hydrogens is 229 g/mol. The van der Waals surface area contributed by atoms with E-state index in [0.717, 1.165) is 18.0 Å². The Balaban J connectivity index is 1.64. The normalized spacial score (nSPS) is 18.1. The largest absolute Gasteiger partial charge is 0.387 e. The molecule has 1 aromatic carbocycles. The van der Waals surface area contributed by atoms with E-state index in [4.69, 9.17) is 0 Å². The summed E-state index contributed by atoms with van der Waals surface area (Å²) < 4.78 is 12.7. The first-order valence-corrected chi connectivity index (χ1v) is 6.90. The summed E-state index contributed by atoms with van der Waals surface area (Å²) in [6.45, 7) is 1.50. The highest BCUT2D eigenvalue weighted by Crippen LogP contribution is 2.26. The van der Waals surface area contributed by atoms with Gasteiger partial charge in [-0.2, -0.15) is 0 Å². The molecule has 1 aliphatic carbocycles. The van der Waals surface area contributed by atoms with Gasteiger partial charge in [0.25, 0.3) is 0 Å². The van der Waals surface area contributed by atoms with Crippen LogP contribution < -0.4 is 5.32 Å². The van der Waals surface area contributed by atoms with Crippen molar-refractivity contribution in [2.24, 2.45) is 5.92 Å². The average Bonchev–Trinajstić information content (AvgIpc) is 2.88. The van der Waals surface area contributed by atoms with Gasteiger partial charge in [-0.3, -0.25) is 0 Å². The summed E-state index contributed by atoms with van der Waals surface area (Å²) in [5.41, 5.74) is 0.768. The summed E-state index contributed by atoms with van der Waals surface area (Å²) in [7, 11) is 0. The Morgan fingerprint density at radius 2 is 1.89 bits per heavy atom. The minimum absolute atomic E-state index is 0.264. The smallest absolute Gasteiger partial charge is 0.123 e. The first kappa shape index (κ1) is 13.5. The van der Waals surface area contributed by atoms with E-state index in [-0.39, 0.29) is 5.82 Å². The Labute approximate surface area is 108 Å². The molecule has 0 saturated heterocycles. The van der Waals surface area contributed by atoms with Crippen LogP contribution in [0.5, 0.6) is 0 Å². The van der Waals surface area contributed by atoms with Crippen molar-refractivity contribution in [3.63, 3.8) is 0 Å². The van der Waals surface area contributed by atoms with Crippen LogP contribution in [0.3, 0.4) is 0 Å². The maximum absolute atomic E-state index is 12.7. The fourth-order valence-electron chi connectivity index (χ4n) is 2.65. The quantitative estimate of drug-likeness (QED) is 0.762.